The zero-order valence-corrected chi connectivity index (χ0v) is 8.49. The average molecular weight is 202 g/mol. The van der Waals surface area contributed by atoms with E-state index >= 15 is 0 Å². The molecule has 0 aliphatic carbocycles. The van der Waals surface area contributed by atoms with Gasteiger partial charge in [-0.15, -0.1) is 0 Å². The first-order chi connectivity index (χ1) is 6.31. The summed E-state index contributed by atoms with van der Waals surface area (Å²) in [4.78, 5) is 31.9. The lowest BCUT2D eigenvalue weighted by Crippen LogP contribution is -2.29. The summed E-state index contributed by atoms with van der Waals surface area (Å²) < 4.78 is 4.55. The molecule has 0 rings (SSSR count). The molecule has 0 spiro atoms. The minimum atomic E-state index is -1.59. The Balaban J connectivity index is 4.10. The van der Waals surface area contributed by atoms with Crippen LogP contribution in [-0.4, -0.2) is 29.4 Å². The van der Waals surface area contributed by atoms with Crippen molar-refractivity contribution in [1.29, 1.82) is 0 Å². The lowest BCUT2D eigenvalue weighted by atomic mass is 9.91. The largest absolute Gasteiger partial charge is 0.475 e. The highest BCUT2D eigenvalue weighted by molar-refractivity contribution is 6.33. The van der Waals surface area contributed by atoms with Gasteiger partial charge in [0.15, 0.2) is 6.61 Å². The van der Waals surface area contributed by atoms with Crippen LogP contribution < -0.4 is 0 Å². The average Bonchev–Trinajstić information content (AvgIpc) is 2.13. The molecule has 0 aliphatic rings. The normalized spacial score (nSPS) is 10.8. The summed E-state index contributed by atoms with van der Waals surface area (Å²) in [6.45, 7) is 4.44. The fourth-order valence-electron chi connectivity index (χ4n) is 0.533. The molecule has 0 aliphatic heterocycles. The number of hydrogen-bond acceptors (Lipinski definition) is 4. The van der Waals surface area contributed by atoms with Gasteiger partial charge < -0.3 is 9.84 Å². The van der Waals surface area contributed by atoms with Crippen LogP contribution in [0.15, 0.2) is 0 Å². The quantitative estimate of drug-likeness (QED) is 0.522. The highest BCUT2D eigenvalue weighted by Crippen LogP contribution is 2.21. The fourth-order valence-corrected chi connectivity index (χ4v) is 0.533. The van der Waals surface area contributed by atoms with Crippen LogP contribution in [0.4, 0.5) is 0 Å². The summed E-state index contributed by atoms with van der Waals surface area (Å²) in [5, 5.41) is 8.21. The van der Waals surface area contributed by atoms with E-state index in [9.17, 15) is 14.4 Å². The second-order valence-electron chi connectivity index (χ2n) is 3.54. The first-order valence-corrected chi connectivity index (χ1v) is 4.24. The number of ketones is 1. The Morgan fingerprint density at radius 3 is 2.14 bits per heavy atom. The van der Waals surface area contributed by atoms with Crippen LogP contribution >= 0.6 is 0 Å². The molecule has 14 heavy (non-hydrogen) atoms. The van der Waals surface area contributed by atoms with Crippen LogP contribution in [0.1, 0.15) is 27.2 Å². The van der Waals surface area contributed by atoms with Crippen molar-refractivity contribution >= 4 is 17.7 Å². The van der Waals surface area contributed by atoms with E-state index in [0.29, 0.717) is 6.42 Å². The number of aliphatic carboxylic acids is 1. The molecule has 0 unspecified atom stereocenters. The molecule has 5 heteroatoms. The van der Waals surface area contributed by atoms with Gasteiger partial charge in [0.05, 0.1) is 5.41 Å². The fraction of sp³-hybridized carbons (Fsp3) is 0.667. The monoisotopic (exact) mass is 202 g/mol. The molecule has 0 fully saturated rings. The van der Waals surface area contributed by atoms with Gasteiger partial charge in [0.25, 0.3) is 5.78 Å². The Morgan fingerprint density at radius 2 is 1.79 bits per heavy atom. The van der Waals surface area contributed by atoms with Gasteiger partial charge in [0.1, 0.15) is 0 Å². The molecule has 0 saturated carbocycles. The van der Waals surface area contributed by atoms with Crippen LogP contribution in [0.2, 0.25) is 0 Å². The number of rotatable bonds is 5. The zero-order chi connectivity index (χ0) is 11.4. The van der Waals surface area contributed by atoms with E-state index < -0.39 is 29.7 Å². The standard InChI is InChI=1S/C9H14O5/c1-4-9(2,3)8(13)14-5-6(10)7(11)12/h4-5H2,1-3H3,(H,11,12). The SMILES string of the molecule is CCC(C)(C)C(=O)OCC(=O)C(=O)O. The predicted octanol–water partition coefficient (Wildman–Crippen LogP) is 0.620. The van der Waals surface area contributed by atoms with Crippen molar-refractivity contribution in [2.75, 3.05) is 6.61 Å². The van der Waals surface area contributed by atoms with Crippen molar-refractivity contribution in [1.82, 2.24) is 0 Å². The number of hydrogen-bond donors (Lipinski definition) is 1. The summed E-state index contributed by atoms with van der Waals surface area (Å²) in [7, 11) is 0. The van der Waals surface area contributed by atoms with Crippen molar-refractivity contribution in [2.24, 2.45) is 5.41 Å². The predicted molar refractivity (Wildman–Crippen MR) is 47.7 cm³/mol. The maximum Gasteiger partial charge on any atom is 0.375 e. The molecule has 0 aromatic rings. The van der Waals surface area contributed by atoms with Gasteiger partial charge >= 0.3 is 11.9 Å². The second-order valence-corrected chi connectivity index (χ2v) is 3.54. The van der Waals surface area contributed by atoms with Gasteiger partial charge in [-0.1, -0.05) is 6.92 Å². The lowest BCUT2D eigenvalue weighted by molar-refractivity contribution is -0.160. The van der Waals surface area contributed by atoms with Crippen LogP contribution in [0.25, 0.3) is 0 Å². The second kappa shape index (κ2) is 4.74. The summed E-state index contributed by atoms with van der Waals surface area (Å²) in [5.74, 6) is -3.27. The molecule has 0 heterocycles. The van der Waals surface area contributed by atoms with Crippen molar-refractivity contribution in [3.8, 4) is 0 Å². The van der Waals surface area contributed by atoms with E-state index in [1.807, 2.05) is 0 Å². The van der Waals surface area contributed by atoms with E-state index in [0.717, 1.165) is 0 Å². The maximum absolute atomic E-state index is 11.3. The first-order valence-electron chi connectivity index (χ1n) is 4.24. The third-order valence-corrected chi connectivity index (χ3v) is 2.01. The molecule has 0 radical (unpaired) electrons. The number of ether oxygens (including phenoxy) is 1. The Bertz CT molecular complexity index is 254. The Hall–Kier alpha value is -1.39. The van der Waals surface area contributed by atoms with Crippen LogP contribution in [-0.2, 0) is 19.1 Å². The third kappa shape index (κ3) is 3.55. The van der Waals surface area contributed by atoms with Crippen molar-refractivity contribution < 1.29 is 24.2 Å². The highest BCUT2D eigenvalue weighted by Gasteiger charge is 2.28. The van der Waals surface area contributed by atoms with E-state index in [1.165, 1.54) is 0 Å². The number of carbonyl (C=O) groups is 3. The Kier molecular flexibility index (Phi) is 4.27. The van der Waals surface area contributed by atoms with Crippen molar-refractivity contribution in [3.63, 3.8) is 0 Å². The van der Waals surface area contributed by atoms with Crippen LogP contribution in [0.5, 0.6) is 0 Å². The number of esters is 1. The summed E-state index contributed by atoms with van der Waals surface area (Å²) in [6, 6.07) is 0. The lowest BCUT2D eigenvalue weighted by Gasteiger charge is -2.19. The smallest absolute Gasteiger partial charge is 0.375 e. The molecule has 80 valence electrons. The van der Waals surface area contributed by atoms with Crippen LogP contribution in [0.3, 0.4) is 0 Å². The molecule has 0 aromatic heterocycles. The number of carboxylic acids is 1. The van der Waals surface area contributed by atoms with Gasteiger partial charge in [-0.2, -0.15) is 0 Å². The maximum atomic E-state index is 11.3. The van der Waals surface area contributed by atoms with Crippen molar-refractivity contribution in [3.05, 3.63) is 0 Å². The Morgan fingerprint density at radius 1 is 1.29 bits per heavy atom. The molecule has 0 aromatic carbocycles. The van der Waals surface area contributed by atoms with Crippen LogP contribution in [0, 0.1) is 5.41 Å². The number of Topliss-reactive ketones (excluding diaryl/α,β-unsaturated/α-hetero) is 1. The van der Waals surface area contributed by atoms with Gasteiger partial charge in [-0.25, -0.2) is 4.79 Å². The van der Waals surface area contributed by atoms with Gasteiger partial charge in [0.2, 0.25) is 0 Å². The van der Waals surface area contributed by atoms with Gasteiger partial charge in [-0.05, 0) is 20.3 Å². The minimum absolute atomic E-state index is 0.561. The van der Waals surface area contributed by atoms with Gasteiger partial charge in [0, 0.05) is 0 Å². The molecule has 0 amide bonds. The highest BCUT2D eigenvalue weighted by atomic mass is 16.5. The zero-order valence-electron chi connectivity index (χ0n) is 8.49. The summed E-state index contributed by atoms with van der Waals surface area (Å²) >= 11 is 0. The van der Waals surface area contributed by atoms with Gasteiger partial charge in [-0.3, -0.25) is 9.59 Å². The molecular formula is C9H14O5. The van der Waals surface area contributed by atoms with Crippen molar-refractivity contribution in [2.45, 2.75) is 27.2 Å². The van der Waals surface area contributed by atoms with E-state index in [1.54, 1.807) is 20.8 Å². The summed E-state index contributed by atoms with van der Waals surface area (Å²) in [5.41, 5.74) is -0.682. The molecule has 0 bridgehead atoms. The van der Waals surface area contributed by atoms with E-state index in [2.05, 4.69) is 4.74 Å². The summed E-state index contributed by atoms with van der Waals surface area (Å²) in [6.07, 6.45) is 0.563. The minimum Gasteiger partial charge on any atom is -0.475 e. The molecular weight excluding hydrogens is 188 g/mol. The molecule has 5 nitrogen and oxygen atoms in total. The molecule has 0 atom stereocenters. The number of carboxylic acid groups (broad SMARTS) is 1. The topological polar surface area (TPSA) is 80.7 Å². The third-order valence-electron chi connectivity index (χ3n) is 2.01. The van der Waals surface area contributed by atoms with E-state index in [4.69, 9.17) is 5.11 Å². The molecule has 0 saturated heterocycles. The number of carbonyl (C=O) groups excluding carboxylic acids is 2. The molecule has 1 N–H and O–H groups in total. The first kappa shape index (κ1) is 12.6. The Labute approximate surface area is 82.1 Å². The van der Waals surface area contributed by atoms with E-state index in [-0.39, 0.29) is 0 Å².